The Kier molecular flexibility index (Phi) is 6.72. The maximum Gasteiger partial charge on any atom is 0.363 e. The predicted octanol–water partition coefficient (Wildman–Crippen LogP) is 5.81. The Balaban J connectivity index is 1.91. The second-order valence-electron chi connectivity index (χ2n) is 7.11. The third-order valence-corrected chi connectivity index (χ3v) is 5.34. The summed E-state index contributed by atoms with van der Waals surface area (Å²) in [6.45, 7) is 6.33. The zero-order valence-electron chi connectivity index (χ0n) is 16.4. The molecule has 9 heteroatoms. The van der Waals surface area contributed by atoms with Gasteiger partial charge in [-0.2, -0.15) is 0 Å². The number of cyclic esters (lactones) is 1. The first-order valence-electron chi connectivity index (χ1n) is 9.05. The third kappa shape index (κ3) is 4.96. The van der Waals surface area contributed by atoms with Gasteiger partial charge in [-0.25, -0.2) is 9.79 Å². The predicted molar refractivity (Wildman–Crippen MR) is 121 cm³/mol. The van der Waals surface area contributed by atoms with Crippen molar-refractivity contribution in [2.75, 3.05) is 6.61 Å². The van der Waals surface area contributed by atoms with Gasteiger partial charge in [-0.3, -0.25) is 10.1 Å². The van der Waals surface area contributed by atoms with E-state index in [-0.39, 0.29) is 17.3 Å². The highest BCUT2D eigenvalue weighted by Gasteiger charge is 2.26. The van der Waals surface area contributed by atoms with Gasteiger partial charge in [-0.1, -0.05) is 19.9 Å². The number of hydrogen-bond acceptors (Lipinski definition) is 6. The zero-order chi connectivity index (χ0) is 22.0. The number of carbonyl (C=O) groups is 1. The molecule has 156 valence electrons. The Labute approximate surface area is 190 Å². The number of nitro groups is 1. The molecule has 0 atom stereocenters. The maximum atomic E-state index is 12.3. The van der Waals surface area contributed by atoms with Crippen LogP contribution in [0.5, 0.6) is 5.75 Å². The second kappa shape index (κ2) is 9.09. The van der Waals surface area contributed by atoms with Crippen molar-refractivity contribution in [1.82, 2.24) is 0 Å². The van der Waals surface area contributed by atoms with Crippen LogP contribution in [0.4, 0.5) is 5.69 Å². The molecule has 2 aromatic carbocycles. The monoisotopic (exact) mass is 536 g/mol. The van der Waals surface area contributed by atoms with Crippen LogP contribution in [0, 0.1) is 23.0 Å². The number of carbonyl (C=O) groups excluding carboxylic acids is 1. The molecular weight excluding hydrogens is 520 g/mol. The summed E-state index contributed by atoms with van der Waals surface area (Å²) in [6.07, 6.45) is 1.58. The highest BCUT2D eigenvalue weighted by atomic mass is 79.9. The standard InChI is InChI=1S/C21H18Br2N2O5/c1-11(2)10-29-19-15(22)6-13(7-16(19)23)8-17-21(26)30-20(24-17)14-5-4-12(3)18(9-14)25(27)28/h4-9,11H,10H2,1-3H3/b17-8-. The SMILES string of the molecule is Cc1ccc(C2=N/C(=C\c3cc(Br)c(OCC(C)C)c(Br)c3)C(=O)O2)cc1[N+](=O)[O-]. The number of ether oxygens (including phenoxy) is 2. The van der Waals surface area contributed by atoms with Crippen LogP contribution < -0.4 is 4.74 Å². The van der Waals surface area contributed by atoms with Crippen molar-refractivity contribution in [2.24, 2.45) is 10.9 Å². The van der Waals surface area contributed by atoms with Gasteiger partial charge in [-0.15, -0.1) is 0 Å². The van der Waals surface area contributed by atoms with Crippen molar-refractivity contribution >= 4 is 55.5 Å². The smallest absolute Gasteiger partial charge is 0.363 e. The number of rotatable bonds is 6. The summed E-state index contributed by atoms with van der Waals surface area (Å²) in [5.41, 5.74) is 1.62. The van der Waals surface area contributed by atoms with Crippen molar-refractivity contribution < 1.29 is 19.2 Å². The number of hydrogen-bond donors (Lipinski definition) is 0. The van der Waals surface area contributed by atoms with Gasteiger partial charge in [0.05, 0.1) is 20.5 Å². The van der Waals surface area contributed by atoms with Crippen LogP contribution in [0.15, 0.2) is 50.0 Å². The zero-order valence-corrected chi connectivity index (χ0v) is 19.6. The Morgan fingerprint density at radius 2 is 1.90 bits per heavy atom. The molecule has 30 heavy (non-hydrogen) atoms. The molecule has 0 N–H and O–H groups in total. The molecule has 0 saturated heterocycles. The number of halogens is 2. The Morgan fingerprint density at radius 1 is 1.23 bits per heavy atom. The van der Waals surface area contributed by atoms with E-state index in [1.165, 1.54) is 6.07 Å². The number of nitrogens with zero attached hydrogens (tertiary/aromatic N) is 2. The largest absolute Gasteiger partial charge is 0.491 e. The number of aryl methyl sites for hydroxylation is 1. The minimum Gasteiger partial charge on any atom is -0.491 e. The van der Waals surface area contributed by atoms with Crippen LogP contribution in [-0.4, -0.2) is 23.4 Å². The molecule has 0 aromatic heterocycles. The lowest BCUT2D eigenvalue weighted by Gasteiger charge is -2.13. The average molecular weight is 538 g/mol. The topological polar surface area (TPSA) is 91.0 Å². The molecule has 2 aromatic rings. The summed E-state index contributed by atoms with van der Waals surface area (Å²) >= 11 is 6.98. The van der Waals surface area contributed by atoms with E-state index in [9.17, 15) is 14.9 Å². The molecule has 0 bridgehead atoms. The van der Waals surface area contributed by atoms with Gasteiger partial charge in [-0.05, 0) is 74.5 Å². The van der Waals surface area contributed by atoms with Crippen LogP contribution in [0.3, 0.4) is 0 Å². The van der Waals surface area contributed by atoms with E-state index in [1.54, 1.807) is 25.1 Å². The molecule has 7 nitrogen and oxygen atoms in total. The van der Waals surface area contributed by atoms with Gasteiger partial charge in [0.2, 0.25) is 5.90 Å². The number of esters is 1. The third-order valence-electron chi connectivity index (χ3n) is 4.16. The summed E-state index contributed by atoms with van der Waals surface area (Å²) in [5, 5.41) is 11.2. The van der Waals surface area contributed by atoms with Crippen LogP contribution in [-0.2, 0) is 9.53 Å². The summed E-state index contributed by atoms with van der Waals surface area (Å²) in [5.74, 6) is 0.463. The van der Waals surface area contributed by atoms with Crippen molar-refractivity contribution in [3.63, 3.8) is 0 Å². The lowest BCUT2D eigenvalue weighted by Crippen LogP contribution is -2.06. The second-order valence-corrected chi connectivity index (χ2v) is 8.82. The number of aliphatic imine (C=N–C) groups is 1. The molecular formula is C21H18Br2N2O5. The van der Waals surface area contributed by atoms with Crippen LogP contribution in [0.25, 0.3) is 6.08 Å². The molecule has 0 saturated carbocycles. The van der Waals surface area contributed by atoms with E-state index in [2.05, 4.69) is 50.7 Å². The molecule has 1 aliphatic rings. The summed E-state index contributed by atoms with van der Waals surface area (Å²) in [7, 11) is 0. The van der Waals surface area contributed by atoms with E-state index in [0.29, 0.717) is 35.0 Å². The van der Waals surface area contributed by atoms with Gasteiger partial charge >= 0.3 is 5.97 Å². The molecule has 0 spiro atoms. The van der Waals surface area contributed by atoms with E-state index in [0.717, 1.165) is 8.95 Å². The Bertz CT molecular complexity index is 1070. The van der Waals surface area contributed by atoms with Crippen LogP contribution in [0.2, 0.25) is 0 Å². The first-order chi connectivity index (χ1) is 14.2. The lowest BCUT2D eigenvalue weighted by atomic mass is 10.1. The van der Waals surface area contributed by atoms with Gasteiger partial charge in [0.15, 0.2) is 5.70 Å². The van der Waals surface area contributed by atoms with Crippen LogP contribution in [0.1, 0.15) is 30.5 Å². The van der Waals surface area contributed by atoms with E-state index < -0.39 is 10.9 Å². The quantitative estimate of drug-likeness (QED) is 0.201. The molecule has 0 radical (unpaired) electrons. The number of benzene rings is 2. The minimum absolute atomic E-state index is 0.0318. The Morgan fingerprint density at radius 3 is 2.50 bits per heavy atom. The molecule has 0 amide bonds. The van der Waals surface area contributed by atoms with Crippen LogP contribution >= 0.6 is 31.9 Å². The highest BCUT2D eigenvalue weighted by molar-refractivity contribution is 9.11. The Hall–Kier alpha value is -2.52. The molecule has 0 aliphatic carbocycles. The fourth-order valence-corrected chi connectivity index (χ4v) is 4.13. The highest BCUT2D eigenvalue weighted by Crippen LogP contribution is 2.36. The summed E-state index contributed by atoms with van der Waals surface area (Å²) in [4.78, 5) is 27.2. The van der Waals surface area contributed by atoms with E-state index in [4.69, 9.17) is 9.47 Å². The molecule has 1 aliphatic heterocycles. The molecule has 0 unspecified atom stereocenters. The number of nitro benzene ring substituents is 1. The fraction of sp³-hybridized carbons (Fsp3) is 0.238. The molecule has 3 rings (SSSR count). The molecule has 1 heterocycles. The molecule has 0 fully saturated rings. The van der Waals surface area contributed by atoms with Gasteiger partial charge in [0.1, 0.15) is 5.75 Å². The van der Waals surface area contributed by atoms with Crippen molar-refractivity contribution in [1.29, 1.82) is 0 Å². The van der Waals surface area contributed by atoms with E-state index >= 15 is 0 Å². The van der Waals surface area contributed by atoms with Gasteiger partial charge in [0.25, 0.3) is 5.69 Å². The first kappa shape index (κ1) is 22.2. The first-order valence-corrected chi connectivity index (χ1v) is 10.6. The summed E-state index contributed by atoms with van der Waals surface area (Å²) < 4.78 is 12.5. The normalized spacial score (nSPS) is 14.8. The van der Waals surface area contributed by atoms with Gasteiger partial charge in [0, 0.05) is 17.2 Å². The maximum absolute atomic E-state index is 12.3. The minimum atomic E-state index is -0.624. The van der Waals surface area contributed by atoms with Crippen molar-refractivity contribution in [3.05, 3.63) is 71.8 Å². The fourth-order valence-electron chi connectivity index (χ4n) is 2.68. The average Bonchev–Trinajstić information content (AvgIpc) is 3.01. The van der Waals surface area contributed by atoms with Gasteiger partial charge < -0.3 is 9.47 Å². The van der Waals surface area contributed by atoms with Crippen molar-refractivity contribution in [2.45, 2.75) is 20.8 Å². The van der Waals surface area contributed by atoms with Crippen molar-refractivity contribution in [3.8, 4) is 5.75 Å². The lowest BCUT2D eigenvalue weighted by molar-refractivity contribution is -0.385. The summed E-state index contributed by atoms with van der Waals surface area (Å²) in [6, 6.07) is 8.19. The van der Waals surface area contributed by atoms with E-state index in [1.807, 2.05) is 12.1 Å².